The molecule has 0 amide bonds. The fourth-order valence-electron chi connectivity index (χ4n) is 2.73. The third-order valence-corrected chi connectivity index (χ3v) is 3.77. The van der Waals surface area contributed by atoms with Crippen LogP contribution < -0.4 is 0 Å². The van der Waals surface area contributed by atoms with Gasteiger partial charge >= 0.3 is 0 Å². The summed E-state index contributed by atoms with van der Waals surface area (Å²) in [6.45, 7) is 0.828. The number of hydrogen-bond donors (Lipinski definition) is 0. The zero-order valence-corrected chi connectivity index (χ0v) is 11.1. The Labute approximate surface area is 116 Å². The molecule has 0 N–H and O–H groups in total. The Morgan fingerprint density at radius 3 is 3.05 bits per heavy atom. The van der Waals surface area contributed by atoms with Gasteiger partial charge in [0.25, 0.3) is 0 Å². The zero-order chi connectivity index (χ0) is 13.4. The van der Waals surface area contributed by atoms with Crippen LogP contribution in [0.4, 0.5) is 0 Å². The molecule has 0 aliphatic carbocycles. The highest BCUT2D eigenvalue weighted by Crippen LogP contribution is 2.25. The molecule has 3 aromatic rings. The van der Waals surface area contributed by atoms with Crippen LogP contribution in [0.15, 0.2) is 42.9 Å². The van der Waals surface area contributed by atoms with E-state index in [4.69, 9.17) is 4.74 Å². The maximum absolute atomic E-state index is 5.76. The van der Waals surface area contributed by atoms with Gasteiger partial charge in [0, 0.05) is 18.4 Å². The first-order chi connectivity index (χ1) is 9.92. The van der Waals surface area contributed by atoms with E-state index in [2.05, 4.69) is 16.3 Å². The van der Waals surface area contributed by atoms with Crippen molar-refractivity contribution in [3.8, 4) is 11.3 Å². The van der Waals surface area contributed by atoms with E-state index in [1.807, 2.05) is 46.0 Å². The van der Waals surface area contributed by atoms with E-state index in [0.717, 1.165) is 36.2 Å². The van der Waals surface area contributed by atoms with Crippen molar-refractivity contribution in [2.24, 2.45) is 0 Å². The van der Waals surface area contributed by atoms with Crippen LogP contribution in [-0.2, 0) is 4.74 Å². The van der Waals surface area contributed by atoms with Crippen LogP contribution in [-0.4, -0.2) is 26.0 Å². The summed E-state index contributed by atoms with van der Waals surface area (Å²) in [5.74, 6) is 0. The van der Waals surface area contributed by atoms with Crippen molar-refractivity contribution < 1.29 is 4.74 Å². The van der Waals surface area contributed by atoms with E-state index in [0.29, 0.717) is 0 Å². The molecular weight excluding hydrogens is 252 g/mol. The summed E-state index contributed by atoms with van der Waals surface area (Å²) in [6.07, 6.45) is 9.21. The number of nitrogens with zero attached hydrogens (tertiary/aromatic N) is 4. The number of hydrogen-bond acceptors (Lipinski definition) is 3. The highest BCUT2D eigenvalue weighted by Gasteiger charge is 2.17. The molecular formula is C15H16N4O. The average molecular weight is 268 g/mol. The Balaban J connectivity index is 1.72. The van der Waals surface area contributed by atoms with Crippen LogP contribution in [0, 0.1) is 0 Å². The first-order valence-electron chi connectivity index (χ1n) is 7.01. The Morgan fingerprint density at radius 1 is 1.15 bits per heavy atom. The summed E-state index contributed by atoms with van der Waals surface area (Å²) in [5.41, 5.74) is 3.20. The van der Waals surface area contributed by atoms with Gasteiger partial charge in [0.2, 0.25) is 0 Å². The lowest BCUT2D eigenvalue weighted by molar-refractivity contribution is -0.0394. The predicted octanol–water partition coefficient (Wildman–Crippen LogP) is 2.90. The molecule has 5 nitrogen and oxygen atoms in total. The Bertz CT molecular complexity index is 724. The van der Waals surface area contributed by atoms with Gasteiger partial charge in [-0.3, -0.25) is 0 Å². The molecule has 1 aliphatic heterocycles. The van der Waals surface area contributed by atoms with E-state index in [1.54, 1.807) is 0 Å². The number of fused-ring (bicyclic) bond motifs is 1. The summed E-state index contributed by atoms with van der Waals surface area (Å²) in [4.78, 5) is 0. The SMILES string of the molecule is c1cc(-c2cnn([C@H]3CCCCO3)c2)n2nccc2c1. The highest BCUT2D eigenvalue weighted by molar-refractivity contribution is 5.62. The molecule has 0 spiro atoms. The van der Waals surface area contributed by atoms with Crippen molar-refractivity contribution in [3.05, 3.63) is 42.9 Å². The molecule has 1 fully saturated rings. The second-order valence-electron chi connectivity index (χ2n) is 5.11. The maximum atomic E-state index is 5.76. The molecule has 0 saturated carbocycles. The molecule has 0 aromatic carbocycles. The number of ether oxygens (including phenoxy) is 1. The van der Waals surface area contributed by atoms with Gasteiger partial charge < -0.3 is 4.74 Å². The average Bonchev–Trinajstić information content (AvgIpc) is 3.17. The lowest BCUT2D eigenvalue weighted by atomic mass is 10.2. The first kappa shape index (κ1) is 11.7. The van der Waals surface area contributed by atoms with E-state index < -0.39 is 0 Å². The van der Waals surface area contributed by atoms with Gasteiger partial charge in [-0.2, -0.15) is 10.2 Å². The van der Waals surface area contributed by atoms with Gasteiger partial charge in [0.15, 0.2) is 0 Å². The van der Waals surface area contributed by atoms with Crippen molar-refractivity contribution >= 4 is 5.52 Å². The highest BCUT2D eigenvalue weighted by atomic mass is 16.5. The second kappa shape index (κ2) is 4.76. The zero-order valence-electron chi connectivity index (χ0n) is 11.1. The number of pyridine rings is 1. The largest absolute Gasteiger partial charge is 0.357 e. The topological polar surface area (TPSA) is 44.4 Å². The standard InChI is InChI=1S/C15H16N4O/c1-2-9-20-15(6-1)18-11-12(10-17-18)14-5-3-4-13-7-8-16-19(13)14/h3-5,7-8,10-11,15H,1-2,6,9H2/t15-/m1/s1. The lowest BCUT2D eigenvalue weighted by Gasteiger charge is -2.22. The molecule has 0 bridgehead atoms. The molecule has 0 radical (unpaired) electrons. The second-order valence-corrected chi connectivity index (χ2v) is 5.11. The molecule has 5 heteroatoms. The molecule has 0 unspecified atom stereocenters. The van der Waals surface area contributed by atoms with E-state index in [-0.39, 0.29) is 6.23 Å². The minimum atomic E-state index is 0.0781. The molecule has 4 heterocycles. The quantitative estimate of drug-likeness (QED) is 0.718. The first-order valence-corrected chi connectivity index (χ1v) is 7.01. The van der Waals surface area contributed by atoms with E-state index in [9.17, 15) is 0 Å². The van der Waals surface area contributed by atoms with E-state index in [1.165, 1.54) is 6.42 Å². The molecule has 1 aliphatic rings. The number of rotatable bonds is 2. The minimum Gasteiger partial charge on any atom is -0.357 e. The summed E-state index contributed by atoms with van der Waals surface area (Å²) < 4.78 is 9.62. The molecule has 102 valence electrons. The Morgan fingerprint density at radius 2 is 2.15 bits per heavy atom. The molecule has 3 aromatic heterocycles. The summed E-state index contributed by atoms with van der Waals surface area (Å²) in [5, 5.41) is 8.82. The summed E-state index contributed by atoms with van der Waals surface area (Å²) >= 11 is 0. The van der Waals surface area contributed by atoms with Crippen LogP contribution in [0.3, 0.4) is 0 Å². The summed E-state index contributed by atoms with van der Waals surface area (Å²) in [6, 6.07) is 8.15. The monoisotopic (exact) mass is 268 g/mol. The van der Waals surface area contributed by atoms with Crippen molar-refractivity contribution in [1.29, 1.82) is 0 Å². The van der Waals surface area contributed by atoms with Crippen molar-refractivity contribution in [2.75, 3.05) is 6.61 Å². The summed E-state index contributed by atoms with van der Waals surface area (Å²) in [7, 11) is 0. The van der Waals surface area contributed by atoms with Gasteiger partial charge in [0.1, 0.15) is 6.23 Å². The van der Waals surface area contributed by atoms with Gasteiger partial charge in [-0.15, -0.1) is 0 Å². The van der Waals surface area contributed by atoms with Crippen molar-refractivity contribution in [2.45, 2.75) is 25.5 Å². The lowest BCUT2D eigenvalue weighted by Crippen LogP contribution is -2.18. The molecule has 1 atom stereocenters. The normalized spacial score (nSPS) is 19.5. The third kappa shape index (κ3) is 1.91. The Hall–Kier alpha value is -2.14. The van der Waals surface area contributed by atoms with Gasteiger partial charge in [-0.05, 0) is 37.5 Å². The van der Waals surface area contributed by atoms with Gasteiger partial charge in [-0.1, -0.05) is 6.07 Å². The van der Waals surface area contributed by atoms with Crippen molar-refractivity contribution in [3.63, 3.8) is 0 Å². The van der Waals surface area contributed by atoms with Crippen molar-refractivity contribution in [1.82, 2.24) is 19.4 Å². The van der Waals surface area contributed by atoms with Crippen LogP contribution in [0.5, 0.6) is 0 Å². The number of aromatic nitrogens is 4. The molecule has 1 saturated heterocycles. The smallest absolute Gasteiger partial charge is 0.150 e. The predicted molar refractivity (Wildman–Crippen MR) is 75.3 cm³/mol. The van der Waals surface area contributed by atoms with E-state index >= 15 is 0 Å². The third-order valence-electron chi connectivity index (χ3n) is 3.77. The van der Waals surface area contributed by atoms with Crippen LogP contribution in [0.1, 0.15) is 25.5 Å². The maximum Gasteiger partial charge on any atom is 0.150 e. The molecule has 20 heavy (non-hydrogen) atoms. The van der Waals surface area contributed by atoms with Gasteiger partial charge in [-0.25, -0.2) is 9.20 Å². The minimum absolute atomic E-state index is 0.0781. The van der Waals surface area contributed by atoms with Crippen LogP contribution in [0.2, 0.25) is 0 Å². The molecule has 4 rings (SSSR count). The van der Waals surface area contributed by atoms with Crippen LogP contribution in [0.25, 0.3) is 16.8 Å². The fraction of sp³-hybridized carbons (Fsp3) is 0.333. The van der Waals surface area contributed by atoms with Crippen LogP contribution >= 0.6 is 0 Å². The van der Waals surface area contributed by atoms with Gasteiger partial charge in [0.05, 0.1) is 23.6 Å². The fourth-order valence-corrected chi connectivity index (χ4v) is 2.73. The Kier molecular flexibility index (Phi) is 2.77.